The van der Waals surface area contributed by atoms with Crippen LogP contribution in [0.1, 0.15) is 28.4 Å². The lowest BCUT2D eigenvalue weighted by Gasteiger charge is -2.45. The fourth-order valence-corrected chi connectivity index (χ4v) is 4.46. The van der Waals surface area contributed by atoms with Crippen LogP contribution in [0.5, 0.6) is 0 Å². The first-order chi connectivity index (χ1) is 13.5. The normalized spacial score (nSPS) is 18.6. The maximum atomic E-state index is 14.0. The summed E-state index contributed by atoms with van der Waals surface area (Å²) in [5.41, 5.74) is 2.28. The number of morpholine rings is 1. The summed E-state index contributed by atoms with van der Waals surface area (Å²) < 4.78 is 5.51. The van der Waals surface area contributed by atoms with Gasteiger partial charge in [-0.15, -0.1) is 0 Å². The van der Waals surface area contributed by atoms with Crippen molar-refractivity contribution in [1.82, 2.24) is 9.80 Å². The predicted octanol–water partition coefficient (Wildman–Crippen LogP) is 3.60. The van der Waals surface area contributed by atoms with Gasteiger partial charge in [-0.05, 0) is 32.5 Å². The fourth-order valence-electron chi connectivity index (χ4n) is 4.46. The summed E-state index contributed by atoms with van der Waals surface area (Å²) in [6.45, 7) is 8.50. The first kappa shape index (κ1) is 20.7. The van der Waals surface area contributed by atoms with Gasteiger partial charge >= 0.3 is 0 Å². The summed E-state index contributed by atoms with van der Waals surface area (Å²) in [5.74, 6) is 0.263. The molecule has 150 valence electrons. The van der Waals surface area contributed by atoms with Crippen LogP contribution in [0.2, 0.25) is 0 Å². The lowest BCUT2D eigenvalue weighted by molar-refractivity contribution is 0.00824. The van der Waals surface area contributed by atoms with Gasteiger partial charge in [-0.3, -0.25) is 14.6 Å². The molecule has 0 bridgehead atoms. The molecule has 4 heteroatoms. The number of carbonyl (C=O) groups excluding carboxylic acids is 1. The summed E-state index contributed by atoms with van der Waals surface area (Å²) in [6, 6.07) is 18.1. The van der Waals surface area contributed by atoms with E-state index in [-0.39, 0.29) is 11.7 Å². The van der Waals surface area contributed by atoms with Gasteiger partial charge in [-0.2, -0.15) is 0 Å². The summed E-state index contributed by atoms with van der Waals surface area (Å²) in [7, 11) is 4.05. The van der Waals surface area contributed by atoms with Crippen molar-refractivity contribution in [2.24, 2.45) is 5.92 Å². The van der Waals surface area contributed by atoms with Crippen molar-refractivity contribution in [3.8, 4) is 0 Å². The second-order valence-corrected chi connectivity index (χ2v) is 8.04. The number of aryl methyl sites for hydroxylation is 1. The summed E-state index contributed by atoms with van der Waals surface area (Å²) in [6.07, 6.45) is 0. The van der Waals surface area contributed by atoms with Crippen molar-refractivity contribution >= 4 is 5.78 Å². The Morgan fingerprint density at radius 1 is 1.07 bits per heavy atom. The molecule has 4 nitrogen and oxygen atoms in total. The summed E-state index contributed by atoms with van der Waals surface area (Å²) in [5, 5.41) is 0. The van der Waals surface area contributed by atoms with Crippen molar-refractivity contribution in [2.45, 2.75) is 19.4 Å². The zero-order chi connectivity index (χ0) is 20.1. The Labute approximate surface area is 169 Å². The van der Waals surface area contributed by atoms with Crippen molar-refractivity contribution in [2.75, 3.05) is 46.9 Å². The van der Waals surface area contributed by atoms with Crippen LogP contribution in [0.4, 0.5) is 0 Å². The third-order valence-electron chi connectivity index (χ3n) is 5.93. The van der Waals surface area contributed by atoms with E-state index in [4.69, 9.17) is 4.74 Å². The zero-order valence-corrected chi connectivity index (χ0v) is 17.5. The molecule has 0 aromatic heterocycles. The van der Waals surface area contributed by atoms with Gasteiger partial charge in [-0.25, -0.2) is 0 Å². The molecule has 0 unspecified atom stereocenters. The molecule has 0 aliphatic carbocycles. The molecule has 0 saturated carbocycles. The van der Waals surface area contributed by atoms with Crippen LogP contribution < -0.4 is 0 Å². The average Bonchev–Trinajstić information content (AvgIpc) is 2.71. The highest BCUT2D eigenvalue weighted by Gasteiger charge is 2.47. The van der Waals surface area contributed by atoms with Gasteiger partial charge in [0.15, 0.2) is 5.78 Å². The van der Waals surface area contributed by atoms with E-state index in [2.05, 4.69) is 47.9 Å². The highest BCUT2D eigenvalue weighted by Crippen LogP contribution is 2.39. The first-order valence-electron chi connectivity index (χ1n) is 10.1. The Hall–Kier alpha value is -2.01. The maximum absolute atomic E-state index is 14.0. The van der Waals surface area contributed by atoms with Crippen molar-refractivity contribution in [1.29, 1.82) is 0 Å². The maximum Gasteiger partial charge on any atom is 0.187 e. The molecule has 3 rings (SSSR count). The molecule has 0 spiro atoms. The van der Waals surface area contributed by atoms with E-state index in [0.29, 0.717) is 0 Å². The van der Waals surface area contributed by atoms with Gasteiger partial charge in [0.1, 0.15) is 5.54 Å². The molecule has 1 fully saturated rings. The van der Waals surface area contributed by atoms with Crippen LogP contribution in [-0.2, 0) is 10.3 Å². The number of Topliss-reactive ketones (excluding diaryl/α,β-unsaturated/α-hetero) is 1. The van der Waals surface area contributed by atoms with Gasteiger partial charge in [-0.1, -0.05) is 67.1 Å². The van der Waals surface area contributed by atoms with Gasteiger partial charge in [0.2, 0.25) is 0 Å². The van der Waals surface area contributed by atoms with E-state index in [1.807, 2.05) is 44.4 Å². The van der Waals surface area contributed by atoms with E-state index in [1.54, 1.807) is 0 Å². The second-order valence-electron chi connectivity index (χ2n) is 8.04. The van der Waals surface area contributed by atoms with Gasteiger partial charge < -0.3 is 4.74 Å². The number of ketones is 1. The van der Waals surface area contributed by atoms with E-state index in [0.717, 1.165) is 44.0 Å². The van der Waals surface area contributed by atoms with Crippen molar-refractivity contribution in [3.63, 3.8) is 0 Å². The van der Waals surface area contributed by atoms with E-state index in [1.165, 1.54) is 5.56 Å². The predicted molar refractivity (Wildman–Crippen MR) is 114 cm³/mol. The SMILES string of the molecule is Cc1ccc([C@@](C(=O)c2ccccc2)([C@@H](C)CN2CCOCC2)N(C)C)cc1. The molecule has 1 saturated heterocycles. The lowest BCUT2D eigenvalue weighted by atomic mass is 9.72. The van der Waals surface area contributed by atoms with Gasteiger partial charge in [0.25, 0.3) is 0 Å². The molecule has 0 radical (unpaired) electrons. The van der Waals surface area contributed by atoms with Gasteiger partial charge in [0, 0.05) is 25.2 Å². The summed E-state index contributed by atoms with van der Waals surface area (Å²) >= 11 is 0. The molecule has 28 heavy (non-hydrogen) atoms. The van der Waals surface area contributed by atoms with Crippen LogP contribution >= 0.6 is 0 Å². The minimum Gasteiger partial charge on any atom is -0.379 e. The third-order valence-corrected chi connectivity index (χ3v) is 5.93. The number of hydrogen-bond acceptors (Lipinski definition) is 4. The van der Waals surface area contributed by atoms with E-state index < -0.39 is 5.54 Å². The Morgan fingerprint density at radius 3 is 2.25 bits per heavy atom. The molecule has 2 aromatic carbocycles. The minimum atomic E-state index is -0.729. The quantitative estimate of drug-likeness (QED) is 0.687. The van der Waals surface area contributed by atoms with Crippen LogP contribution in [0.25, 0.3) is 0 Å². The number of likely N-dealkylation sites (N-methyl/N-ethyl adjacent to an activating group) is 1. The second kappa shape index (κ2) is 8.99. The Kier molecular flexibility index (Phi) is 6.65. The van der Waals surface area contributed by atoms with Crippen LogP contribution in [0.15, 0.2) is 54.6 Å². The molecule has 1 aliphatic heterocycles. The van der Waals surface area contributed by atoms with Crippen molar-refractivity contribution < 1.29 is 9.53 Å². The first-order valence-corrected chi connectivity index (χ1v) is 10.1. The van der Waals surface area contributed by atoms with Gasteiger partial charge in [0.05, 0.1) is 13.2 Å². The number of carbonyl (C=O) groups is 1. The molecular weight excluding hydrogens is 348 g/mol. The van der Waals surface area contributed by atoms with E-state index in [9.17, 15) is 4.79 Å². The smallest absolute Gasteiger partial charge is 0.187 e. The molecular formula is C24H32N2O2. The van der Waals surface area contributed by atoms with Crippen LogP contribution in [0.3, 0.4) is 0 Å². The lowest BCUT2D eigenvalue weighted by Crippen LogP contribution is -2.56. The topological polar surface area (TPSA) is 32.8 Å². The average molecular weight is 381 g/mol. The Morgan fingerprint density at radius 2 is 1.68 bits per heavy atom. The number of ether oxygens (including phenoxy) is 1. The Bertz CT molecular complexity index is 767. The highest BCUT2D eigenvalue weighted by molar-refractivity contribution is 6.04. The van der Waals surface area contributed by atoms with Crippen LogP contribution in [0, 0.1) is 12.8 Å². The molecule has 1 heterocycles. The Balaban J connectivity index is 2.07. The molecule has 0 N–H and O–H groups in total. The van der Waals surface area contributed by atoms with Crippen LogP contribution in [-0.4, -0.2) is 62.5 Å². The molecule has 1 aliphatic rings. The number of nitrogens with zero attached hydrogens (tertiary/aromatic N) is 2. The van der Waals surface area contributed by atoms with Crippen molar-refractivity contribution in [3.05, 3.63) is 71.3 Å². The largest absolute Gasteiger partial charge is 0.379 e. The number of hydrogen-bond donors (Lipinski definition) is 0. The standard InChI is InChI=1S/C24H32N2O2/c1-19-10-12-22(13-11-19)24(25(3)4,23(27)21-8-6-5-7-9-21)20(2)18-26-14-16-28-17-15-26/h5-13,20H,14-18H2,1-4H3/t20-,24+/m0/s1. The fraction of sp³-hybridized carbons (Fsp3) is 0.458. The number of benzene rings is 2. The third kappa shape index (κ3) is 4.04. The minimum absolute atomic E-state index is 0.107. The molecule has 2 aromatic rings. The zero-order valence-electron chi connectivity index (χ0n) is 17.5. The monoisotopic (exact) mass is 380 g/mol. The van der Waals surface area contributed by atoms with E-state index >= 15 is 0 Å². The summed E-state index contributed by atoms with van der Waals surface area (Å²) in [4.78, 5) is 18.5. The number of rotatable bonds is 7. The molecule has 0 amide bonds. The highest BCUT2D eigenvalue weighted by atomic mass is 16.5. The molecule has 2 atom stereocenters.